The molecule has 4 aromatic rings. The molecule has 4 aromatic heterocycles. The van der Waals surface area contributed by atoms with Crippen molar-refractivity contribution >= 4 is 10.9 Å². The smallest absolute Gasteiger partial charge is 0.256 e. The monoisotopic (exact) mass is 437 g/mol. The zero-order chi connectivity index (χ0) is 22.5. The van der Waals surface area contributed by atoms with Crippen LogP contribution in [0.1, 0.15) is 25.3 Å². The van der Waals surface area contributed by atoms with Crippen LogP contribution in [0, 0.1) is 6.92 Å². The number of nitrogens with zero attached hydrogens (tertiary/aromatic N) is 4. The van der Waals surface area contributed by atoms with Crippen molar-refractivity contribution in [2.45, 2.75) is 26.7 Å². The fourth-order valence-electron chi connectivity index (χ4n) is 3.49. The maximum absolute atomic E-state index is 10.7. The summed E-state index contributed by atoms with van der Waals surface area (Å²) in [5.74, 6) is 1.06. The molecular formula is C23H27N5O4. The number of methoxy groups -OCH3 is 1. The van der Waals surface area contributed by atoms with Gasteiger partial charge in [0.2, 0.25) is 5.88 Å². The molecule has 9 heteroatoms. The van der Waals surface area contributed by atoms with E-state index in [0.29, 0.717) is 35.7 Å². The van der Waals surface area contributed by atoms with Crippen molar-refractivity contribution in [3.63, 3.8) is 0 Å². The van der Waals surface area contributed by atoms with Gasteiger partial charge in [-0.2, -0.15) is 5.10 Å². The molecule has 0 radical (unpaired) electrons. The average molecular weight is 438 g/mol. The first-order chi connectivity index (χ1) is 15.6. The molecule has 0 aliphatic heterocycles. The molecule has 0 aliphatic rings. The molecule has 0 spiro atoms. The number of H-pyrrole nitrogens is 1. The lowest BCUT2D eigenvalue weighted by Crippen LogP contribution is -2.08. The van der Waals surface area contributed by atoms with Crippen molar-refractivity contribution in [2.24, 2.45) is 0 Å². The summed E-state index contributed by atoms with van der Waals surface area (Å²) in [6, 6.07) is 3.78. The summed E-state index contributed by atoms with van der Waals surface area (Å²) < 4.78 is 18.4. The minimum absolute atomic E-state index is 0.123. The SMILES string of the molecule is CCCCOCCOc1cc(-c2cc(C)c3c(O)n(-c4cn[nH]c4)cc3n2)cnc1OC. The Kier molecular flexibility index (Phi) is 6.55. The van der Waals surface area contributed by atoms with Gasteiger partial charge >= 0.3 is 0 Å². The Balaban J connectivity index is 1.62. The normalized spacial score (nSPS) is 11.2. The van der Waals surface area contributed by atoms with Crippen molar-refractivity contribution < 1.29 is 19.3 Å². The number of rotatable bonds is 10. The average Bonchev–Trinajstić information content (AvgIpc) is 3.44. The third kappa shape index (κ3) is 4.38. The topological polar surface area (TPSA) is 107 Å². The number of ether oxygens (including phenoxy) is 3. The van der Waals surface area contributed by atoms with Gasteiger partial charge in [0.15, 0.2) is 5.75 Å². The van der Waals surface area contributed by atoms with E-state index in [1.807, 2.05) is 19.1 Å². The fraction of sp³-hybridized carbons (Fsp3) is 0.348. The highest BCUT2D eigenvalue weighted by atomic mass is 16.5. The van der Waals surface area contributed by atoms with Gasteiger partial charge in [0, 0.05) is 30.8 Å². The Labute approximate surface area is 186 Å². The molecule has 168 valence electrons. The molecule has 0 saturated carbocycles. The van der Waals surface area contributed by atoms with Gasteiger partial charge in [-0.3, -0.25) is 9.67 Å². The Hall–Kier alpha value is -3.59. The Morgan fingerprint density at radius 3 is 2.78 bits per heavy atom. The lowest BCUT2D eigenvalue weighted by molar-refractivity contribution is 0.0967. The number of fused-ring (bicyclic) bond motifs is 1. The summed E-state index contributed by atoms with van der Waals surface area (Å²) in [5.41, 5.74) is 3.80. The quantitative estimate of drug-likeness (QED) is 0.361. The molecule has 0 amide bonds. The number of nitrogens with one attached hydrogen (secondary N) is 1. The van der Waals surface area contributed by atoms with E-state index < -0.39 is 0 Å². The van der Waals surface area contributed by atoms with E-state index in [1.165, 1.54) is 0 Å². The van der Waals surface area contributed by atoms with Gasteiger partial charge in [-0.05, 0) is 31.0 Å². The first kappa shape index (κ1) is 21.6. The Bertz CT molecular complexity index is 1190. The third-order valence-corrected chi connectivity index (χ3v) is 5.14. The van der Waals surface area contributed by atoms with E-state index in [2.05, 4.69) is 22.1 Å². The Morgan fingerprint density at radius 1 is 1.16 bits per heavy atom. The van der Waals surface area contributed by atoms with E-state index in [-0.39, 0.29) is 5.88 Å². The van der Waals surface area contributed by atoms with Crippen LogP contribution in [0.4, 0.5) is 0 Å². The second-order valence-electron chi connectivity index (χ2n) is 7.41. The van der Waals surface area contributed by atoms with Gasteiger partial charge in [-0.15, -0.1) is 0 Å². The van der Waals surface area contributed by atoms with Crippen LogP contribution >= 0.6 is 0 Å². The summed E-state index contributed by atoms with van der Waals surface area (Å²) in [6.07, 6.45) is 8.96. The van der Waals surface area contributed by atoms with E-state index in [9.17, 15) is 5.11 Å². The van der Waals surface area contributed by atoms with Gasteiger partial charge in [0.1, 0.15) is 6.61 Å². The second-order valence-corrected chi connectivity index (χ2v) is 7.41. The van der Waals surface area contributed by atoms with Crippen LogP contribution in [0.2, 0.25) is 0 Å². The Morgan fingerprint density at radius 2 is 2.03 bits per heavy atom. The number of aromatic nitrogens is 5. The lowest BCUT2D eigenvalue weighted by Gasteiger charge is -2.12. The number of aromatic hydroxyl groups is 1. The zero-order valence-corrected chi connectivity index (χ0v) is 18.5. The van der Waals surface area contributed by atoms with E-state index in [1.54, 1.807) is 36.5 Å². The molecular weight excluding hydrogens is 410 g/mol. The third-order valence-electron chi connectivity index (χ3n) is 5.14. The minimum atomic E-state index is 0.123. The number of aromatic amines is 1. The molecule has 0 atom stereocenters. The zero-order valence-electron chi connectivity index (χ0n) is 18.5. The summed E-state index contributed by atoms with van der Waals surface area (Å²) in [6.45, 7) is 5.69. The van der Waals surface area contributed by atoms with Crippen molar-refractivity contribution in [1.82, 2.24) is 24.7 Å². The molecule has 9 nitrogen and oxygen atoms in total. The van der Waals surface area contributed by atoms with Crippen LogP contribution in [0.15, 0.2) is 36.9 Å². The maximum atomic E-state index is 10.7. The van der Waals surface area contributed by atoms with Crippen molar-refractivity contribution in [3.8, 4) is 34.5 Å². The molecule has 32 heavy (non-hydrogen) atoms. The summed E-state index contributed by atoms with van der Waals surface area (Å²) >= 11 is 0. The van der Waals surface area contributed by atoms with Crippen LogP contribution < -0.4 is 9.47 Å². The number of aryl methyl sites for hydroxylation is 1. The molecule has 2 N–H and O–H groups in total. The van der Waals surface area contributed by atoms with Crippen LogP contribution in [-0.4, -0.2) is 56.8 Å². The first-order valence-electron chi connectivity index (χ1n) is 10.6. The van der Waals surface area contributed by atoms with Gasteiger partial charge in [-0.25, -0.2) is 9.97 Å². The van der Waals surface area contributed by atoms with Crippen molar-refractivity contribution in [3.05, 3.63) is 42.5 Å². The summed E-state index contributed by atoms with van der Waals surface area (Å²) in [4.78, 5) is 9.13. The van der Waals surface area contributed by atoms with Gasteiger partial charge in [-0.1, -0.05) is 13.3 Å². The second kappa shape index (κ2) is 9.69. The van der Waals surface area contributed by atoms with Crippen LogP contribution in [-0.2, 0) is 4.74 Å². The molecule has 4 rings (SSSR count). The number of pyridine rings is 2. The van der Waals surface area contributed by atoms with E-state index in [0.717, 1.165) is 42.0 Å². The van der Waals surface area contributed by atoms with Crippen LogP contribution in [0.25, 0.3) is 27.8 Å². The number of unbranched alkanes of at least 4 members (excludes halogenated alkanes) is 1. The number of hydrogen-bond acceptors (Lipinski definition) is 7. The highest BCUT2D eigenvalue weighted by molar-refractivity contribution is 5.90. The fourth-order valence-corrected chi connectivity index (χ4v) is 3.49. The summed E-state index contributed by atoms with van der Waals surface area (Å²) in [7, 11) is 1.56. The summed E-state index contributed by atoms with van der Waals surface area (Å²) in [5, 5.41) is 18.1. The molecule has 0 bridgehead atoms. The standard InChI is InChI=1S/C23H27N5O4/c1-4-5-6-31-7-8-32-20-10-16(11-24-22(20)30-3)18-9-15(2)21-19(27-18)14-28(23(21)29)17-12-25-26-13-17/h9-14,29H,4-8H2,1-3H3,(H,25,26). The minimum Gasteiger partial charge on any atom is -0.494 e. The molecule has 4 heterocycles. The largest absolute Gasteiger partial charge is 0.494 e. The molecule has 0 aliphatic carbocycles. The van der Waals surface area contributed by atoms with Crippen molar-refractivity contribution in [1.29, 1.82) is 0 Å². The van der Waals surface area contributed by atoms with Gasteiger partial charge < -0.3 is 19.3 Å². The molecule has 0 saturated heterocycles. The maximum Gasteiger partial charge on any atom is 0.256 e. The molecule has 0 unspecified atom stereocenters. The van der Waals surface area contributed by atoms with E-state index in [4.69, 9.17) is 19.2 Å². The van der Waals surface area contributed by atoms with Crippen LogP contribution in [0.3, 0.4) is 0 Å². The lowest BCUT2D eigenvalue weighted by atomic mass is 10.1. The molecule has 0 fully saturated rings. The molecule has 0 aromatic carbocycles. The van der Waals surface area contributed by atoms with Gasteiger partial charge in [0.25, 0.3) is 5.88 Å². The first-order valence-corrected chi connectivity index (χ1v) is 10.6. The van der Waals surface area contributed by atoms with Gasteiger partial charge in [0.05, 0.1) is 42.2 Å². The van der Waals surface area contributed by atoms with Crippen molar-refractivity contribution in [2.75, 3.05) is 26.9 Å². The number of hydrogen-bond donors (Lipinski definition) is 2. The van der Waals surface area contributed by atoms with E-state index >= 15 is 0 Å². The van der Waals surface area contributed by atoms with Crippen LogP contribution in [0.5, 0.6) is 17.5 Å². The predicted molar refractivity (Wildman–Crippen MR) is 121 cm³/mol. The highest BCUT2D eigenvalue weighted by Gasteiger charge is 2.17. The predicted octanol–water partition coefficient (Wildman–Crippen LogP) is 4.03. The highest BCUT2D eigenvalue weighted by Crippen LogP contribution is 2.35.